The van der Waals surface area contributed by atoms with Gasteiger partial charge in [-0.1, -0.05) is 17.7 Å². The Bertz CT molecular complexity index is 360. The standard InChI is InChI=1S/C11H14O4/c1-7-3-4-10(15-2)8(5-7)9(6-12)11(13)14/h3-5,9,12H,6H2,1-2H3,(H,13,14). The fourth-order valence-corrected chi connectivity index (χ4v) is 1.44. The Labute approximate surface area is 88.1 Å². The maximum absolute atomic E-state index is 10.9. The first-order valence-electron chi connectivity index (χ1n) is 4.58. The molecule has 0 aromatic heterocycles. The van der Waals surface area contributed by atoms with Gasteiger partial charge in [-0.2, -0.15) is 0 Å². The summed E-state index contributed by atoms with van der Waals surface area (Å²) in [4.78, 5) is 10.9. The zero-order valence-electron chi connectivity index (χ0n) is 8.73. The van der Waals surface area contributed by atoms with Crippen molar-refractivity contribution >= 4 is 5.97 Å². The largest absolute Gasteiger partial charge is 0.496 e. The second-order valence-electron chi connectivity index (χ2n) is 3.32. The topological polar surface area (TPSA) is 66.8 Å². The van der Waals surface area contributed by atoms with Crippen molar-refractivity contribution in [2.75, 3.05) is 13.7 Å². The van der Waals surface area contributed by atoms with Crippen molar-refractivity contribution in [3.05, 3.63) is 29.3 Å². The summed E-state index contributed by atoms with van der Waals surface area (Å²) in [7, 11) is 1.48. The van der Waals surface area contributed by atoms with Crippen molar-refractivity contribution in [3.63, 3.8) is 0 Å². The molecule has 4 nitrogen and oxygen atoms in total. The molecule has 1 aromatic rings. The molecule has 0 aliphatic heterocycles. The first-order valence-corrected chi connectivity index (χ1v) is 4.58. The van der Waals surface area contributed by atoms with Crippen LogP contribution in [0.1, 0.15) is 17.0 Å². The zero-order valence-corrected chi connectivity index (χ0v) is 8.73. The van der Waals surface area contributed by atoms with E-state index in [-0.39, 0.29) is 0 Å². The van der Waals surface area contributed by atoms with Crippen LogP contribution in [0.15, 0.2) is 18.2 Å². The Morgan fingerprint density at radius 2 is 2.20 bits per heavy atom. The van der Waals surface area contributed by atoms with Crippen LogP contribution >= 0.6 is 0 Å². The van der Waals surface area contributed by atoms with E-state index in [4.69, 9.17) is 14.9 Å². The number of ether oxygens (including phenoxy) is 1. The Hall–Kier alpha value is -1.55. The predicted molar refractivity (Wildman–Crippen MR) is 55.2 cm³/mol. The van der Waals surface area contributed by atoms with E-state index in [1.807, 2.05) is 13.0 Å². The number of aliphatic hydroxyl groups is 1. The molecule has 0 aliphatic rings. The molecular formula is C11H14O4. The molecule has 1 unspecified atom stereocenters. The van der Waals surface area contributed by atoms with Gasteiger partial charge in [0.2, 0.25) is 0 Å². The molecule has 1 atom stereocenters. The number of carbonyl (C=O) groups is 1. The van der Waals surface area contributed by atoms with E-state index in [1.54, 1.807) is 12.1 Å². The number of methoxy groups -OCH3 is 1. The molecule has 0 bridgehead atoms. The minimum Gasteiger partial charge on any atom is -0.496 e. The van der Waals surface area contributed by atoms with Crippen LogP contribution < -0.4 is 4.74 Å². The van der Waals surface area contributed by atoms with Gasteiger partial charge in [0.1, 0.15) is 11.7 Å². The van der Waals surface area contributed by atoms with E-state index in [0.29, 0.717) is 11.3 Å². The minimum atomic E-state index is -1.05. The lowest BCUT2D eigenvalue weighted by Gasteiger charge is -2.14. The number of carboxylic acid groups (broad SMARTS) is 1. The van der Waals surface area contributed by atoms with Gasteiger partial charge in [-0.05, 0) is 13.0 Å². The van der Waals surface area contributed by atoms with E-state index >= 15 is 0 Å². The summed E-state index contributed by atoms with van der Waals surface area (Å²) in [5, 5.41) is 17.9. The molecule has 1 aromatic carbocycles. The van der Waals surface area contributed by atoms with Crippen LogP contribution in [-0.2, 0) is 4.79 Å². The monoisotopic (exact) mass is 210 g/mol. The van der Waals surface area contributed by atoms with Gasteiger partial charge in [-0.3, -0.25) is 4.79 Å². The van der Waals surface area contributed by atoms with E-state index in [1.165, 1.54) is 7.11 Å². The van der Waals surface area contributed by atoms with Crippen molar-refractivity contribution < 1.29 is 19.7 Å². The maximum Gasteiger partial charge on any atom is 0.313 e. The maximum atomic E-state index is 10.9. The van der Waals surface area contributed by atoms with Crippen molar-refractivity contribution in [3.8, 4) is 5.75 Å². The van der Waals surface area contributed by atoms with Gasteiger partial charge in [0.15, 0.2) is 0 Å². The number of aliphatic carboxylic acids is 1. The van der Waals surface area contributed by atoms with Gasteiger partial charge in [0.05, 0.1) is 13.7 Å². The first kappa shape index (κ1) is 11.5. The molecule has 0 saturated carbocycles. The highest BCUT2D eigenvalue weighted by molar-refractivity contribution is 5.77. The van der Waals surface area contributed by atoms with Crippen LogP contribution in [0.4, 0.5) is 0 Å². The summed E-state index contributed by atoms with van der Waals surface area (Å²) in [5.41, 5.74) is 1.44. The van der Waals surface area contributed by atoms with Gasteiger partial charge in [0, 0.05) is 5.56 Å². The average molecular weight is 210 g/mol. The molecule has 1 rings (SSSR count). The molecule has 0 radical (unpaired) electrons. The molecule has 0 amide bonds. The van der Waals surface area contributed by atoms with Crippen molar-refractivity contribution in [2.45, 2.75) is 12.8 Å². The van der Waals surface area contributed by atoms with Crippen molar-refractivity contribution in [1.82, 2.24) is 0 Å². The smallest absolute Gasteiger partial charge is 0.313 e. The number of hydrogen-bond donors (Lipinski definition) is 2. The Morgan fingerprint density at radius 1 is 1.53 bits per heavy atom. The highest BCUT2D eigenvalue weighted by atomic mass is 16.5. The molecule has 15 heavy (non-hydrogen) atoms. The molecule has 82 valence electrons. The second kappa shape index (κ2) is 4.79. The molecule has 0 aliphatic carbocycles. The molecule has 2 N–H and O–H groups in total. The number of benzene rings is 1. The summed E-state index contributed by atoms with van der Waals surface area (Å²) in [5.74, 6) is -1.50. The zero-order chi connectivity index (χ0) is 11.4. The quantitative estimate of drug-likeness (QED) is 0.782. The average Bonchev–Trinajstić information content (AvgIpc) is 2.18. The molecule has 0 heterocycles. The number of carboxylic acids is 1. The van der Waals surface area contributed by atoms with Gasteiger partial charge in [-0.25, -0.2) is 0 Å². The van der Waals surface area contributed by atoms with Gasteiger partial charge in [0.25, 0.3) is 0 Å². The van der Waals surface area contributed by atoms with E-state index < -0.39 is 18.5 Å². The number of aliphatic hydroxyl groups excluding tert-OH is 1. The summed E-state index contributed by atoms with van der Waals surface area (Å²) >= 11 is 0. The minimum absolute atomic E-state index is 0.435. The van der Waals surface area contributed by atoms with Crippen molar-refractivity contribution in [1.29, 1.82) is 0 Å². The number of rotatable bonds is 4. The van der Waals surface area contributed by atoms with Crippen LogP contribution in [0.2, 0.25) is 0 Å². The van der Waals surface area contributed by atoms with Crippen molar-refractivity contribution in [2.24, 2.45) is 0 Å². The lowest BCUT2D eigenvalue weighted by molar-refractivity contribution is -0.139. The third kappa shape index (κ3) is 2.47. The second-order valence-corrected chi connectivity index (χ2v) is 3.32. The number of aryl methyl sites for hydroxylation is 1. The van der Waals surface area contributed by atoms with Crippen LogP contribution in [0, 0.1) is 6.92 Å². The van der Waals surface area contributed by atoms with E-state index in [9.17, 15) is 4.79 Å². The first-order chi connectivity index (χ1) is 7.10. The Morgan fingerprint density at radius 3 is 2.67 bits per heavy atom. The number of hydrogen-bond acceptors (Lipinski definition) is 3. The SMILES string of the molecule is COc1ccc(C)cc1C(CO)C(=O)O. The summed E-state index contributed by atoms with van der Waals surface area (Å²) in [6.45, 7) is 1.42. The normalized spacial score (nSPS) is 12.2. The van der Waals surface area contributed by atoms with Crippen LogP contribution in [0.3, 0.4) is 0 Å². The Balaban J connectivity index is 3.19. The molecule has 0 fully saturated rings. The van der Waals surface area contributed by atoms with Crippen LogP contribution in [0.5, 0.6) is 5.75 Å². The predicted octanol–water partition coefficient (Wildman–Crippen LogP) is 1.16. The fraction of sp³-hybridized carbons (Fsp3) is 0.364. The summed E-state index contributed by atoms with van der Waals surface area (Å²) < 4.78 is 5.06. The van der Waals surface area contributed by atoms with E-state index in [2.05, 4.69) is 0 Å². The lowest BCUT2D eigenvalue weighted by atomic mass is 9.97. The summed E-state index contributed by atoms with van der Waals surface area (Å²) in [6, 6.07) is 5.25. The van der Waals surface area contributed by atoms with E-state index in [0.717, 1.165) is 5.56 Å². The van der Waals surface area contributed by atoms with Crippen LogP contribution in [-0.4, -0.2) is 29.9 Å². The fourth-order valence-electron chi connectivity index (χ4n) is 1.44. The Kier molecular flexibility index (Phi) is 3.68. The third-order valence-corrected chi connectivity index (χ3v) is 2.24. The third-order valence-electron chi connectivity index (χ3n) is 2.24. The highest BCUT2D eigenvalue weighted by Crippen LogP contribution is 2.27. The van der Waals surface area contributed by atoms with Gasteiger partial charge >= 0.3 is 5.97 Å². The van der Waals surface area contributed by atoms with Gasteiger partial charge in [-0.15, -0.1) is 0 Å². The lowest BCUT2D eigenvalue weighted by Crippen LogP contribution is -2.16. The highest BCUT2D eigenvalue weighted by Gasteiger charge is 2.22. The summed E-state index contributed by atoms with van der Waals surface area (Å²) in [6.07, 6.45) is 0. The molecule has 0 saturated heterocycles. The molecule has 4 heteroatoms. The van der Waals surface area contributed by atoms with Gasteiger partial charge < -0.3 is 14.9 Å². The molecular weight excluding hydrogens is 196 g/mol. The van der Waals surface area contributed by atoms with Crippen LogP contribution in [0.25, 0.3) is 0 Å². The molecule has 0 spiro atoms.